The van der Waals surface area contributed by atoms with Gasteiger partial charge in [-0.2, -0.15) is 0 Å². The van der Waals surface area contributed by atoms with E-state index in [0.717, 1.165) is 31.4 Å². The number of anilines is 1. The van der Waals surface area contributed by atoms with Gasteiger partial charge < -0.3 is 19.9 Å². The molecule has 1 aliphatic rings. The van der Waals surface area contributed by atoms with Crippen LogP contribution in [0.25, 0.3) is 0 Å². The molecule has 0 spiro atoms. The standard InChI is InChI=1S/C23H31N3O4/c1-16(2)13-22(27)24-18-9-11-19(12-10-18)29-15-20-14-21(26-30-20)23(28)25-17-7-5-3-4-6-8-17/h9-12,14,16-17H,3-8,13,15H2,1-2H3,(H,24,27)(H,25,28). The molecule has 0 atom stereocenters. The molecule has 0 bridgehead atoms. The second-order valence-electron chi connectivity index (χ2n) is 8.30. The van der Waals surface area contributed by atoms with Crippen molar-refractivity contribution < 1.29 is 18.8 Å². The number of carbonyl (C=O) groups excluding carboxylic acids is 2. The summed E-state index contributed by atoms with van der Waals surface area (Å²) in [4.78, 5) is 24.2. The molecule has 7 heteroatoms. The second-order valence-corrected chi connectivity index (χ2v) is 8.30. The number of ether oxygens (including phenoxy) is 1. The van der Waals surface area contributed by atoms with Crippen LogP contribution >= 0.6 is 0 Å². The monoisotopic (exact) mass is 413 g/mol. The fourth-order valence-electron chi connectivity index (χ4n) is 3.54. The van der Waals surface area contributed by atoms with Gasteiger partial charge in [0.25, 0.3) is 5.91 Å². The van der Waals surface area contributed by atoms with Gasteiger partial charge >= 0.3 is 0 Å². The van der Waals surface area contributed by atoms with Crippen molar-refractivity contribution in [2.45, 2.75) is 71.4 Å². The van der Waals surface area contributed by atoms with Gasteiger partial charge in [0, 0.05) is 24.2 Å². The zero-order valence-corrected chi connectivity index (χ0v) is 17.8. The Morgan fingerprint density at radius 1 is 1.13 bits per heavy atom. The lowest BCUT2D eigenvalue weighted by atomic mass is 10.1. The van der Waals surface area contributed by atoms with Crippen LogP contribution in [-0.4, -0.2) is 23.0 Å². The van der Waals surface area contributed by atoms with E-state index in [1.54, 1.807) is 30.3 Å². The fourth-order valence-corrected chi connectivity index (χ4v) is 3.54. The van der Waals surface area contributed by atoms with Gasteiger partial charge in [-0.1, -0.05) is 44.7 Å². The first-order valence-corrected chi connectivity index (χ1v) is 10.8. The van der Waals surface area contributed by atoms with Crippen LogP contribution in [0.5, 0.6) is 5.75 Å². The highest BCUT2D eigenvalue weighted by Crippen LogP contribution is 2.19. The minimum absolute atomic E-state index is 0.00464. The lowest BCUT2D eigenvalue weighted by molar-refractivity contribution is -0.116. The Morgan fingerprint density at radius 3 is 2.50 bits per heavy atom. The van der Waals surface area contributed by atoms with Crippen LogP contribution in [0.1, 0.15) is 75.0 Å². The maximum absolute atomic E-state index is 12.4. The normalized spacial score (nSPS) is 14.9. The number of benzene rings is 1. The Labute approximate surface area is 177 Å². The van der Waals surface area contributed by atoms with Crippen molar-refractivity contribution in [3.8, 4) is 5.75 Å². The minimum Gasteiger partial charge on any atom is -0.486 e. The molecular weight excluding hydrogens is 382 g/mol. The topological polar surface area (TPSA) is 93.5 Å². The average molecular weight is 414 g/mol. The molecule has 2 N–H and O–H groups in total. The first kappa shape index (κ1) is 21.9. The van der Waals surface area contributed by atoms with Gasteiger partial charge in [0.05, 0.1) is 0 Å². The third-order valence-corrected chi connectivity index (χ3v) is 5.09. The van der Waals surface area contributed by atoms with Crippen LogP contribution in [0.3, 0.4) is 0 Å². The van der Waals surface area contributed by atoms with Gasteiger partial charge in [-0.15, -0.1) is 0 Å². The van der Waals surface area contributed by atoms with Crippen LogP contribution in [0, 0.1) is 5.92 Å². The summed E-state index contributed by atoms with van der Waals surface area (Å²) in [5, 5.41) is 9.79. The summed E-state index contributed by atoms with van der Waals surface area (Å²) in [5.74, 6) is 1.23. The molecule has 2 aromatic rings. The number of aromatic nitrogens is 1. The summed E-state index contributed by atoms with van der Waals surface area (Å²) >= 11 is 0. The first-order valence-electron chi connectivity index (χ1n) is 10.8. The zero-order valence-electron chi connectivity index (χ0n) is 17.8. The van der Waals surface area contributed by atoms with E-state index in [9.17, 15) is 9.59 Å². The quantitative estimate of drug-likeness (QED) is 0.612. The van der Waals surface area contributed by atoms with Crippen LogP contribution in [0.15, 0.2) is 34.9 Å². The van der Waals surface area contributed by atoms with Gasteiger partial charge in [0.2, 0.25) is 5.91 Å². The maximum atomic E-state index is 12.4. The van der Waals surface area contributed by atoms with Crippen molar-refractivity contribution in [3.63, 3.8) is 0 Å². The Kier molecular flexibility index (Phi) is 7.88. The summed E-state index contributed by atoms with van der Waals surface area (Å²) in [6, 6.07) is 8.98. The molecule has 0 saturated heterocycles. The van der Waals surface area contributed by atoms with Crippen LogP contribution in [-0.2, 0) is 11.4 Å². The van der Waals surface area contributed by atoms with Crippen molar-refractivity contribution in [1.82, 2.24) is 10.5 Å². The van der Waals surface area contributed by atoms with Gasteiger partial charge in [0.15, 0.2) is 11.5 Å². The third-order valence-electron chi connectivity index (χ3n) is 5.09. The van der Waals surface area contributed by atoms with Crippen molar-refractivity contribution in [2.24, 2.45) is 5.92 Å². The molecule has 2 amide bonds. The number of rotatable bonds is 8. The SMILES string of the molecule is CC(C)CC(=O)Nc1ccc(OCc2cc(C(=O)NC3CCCCCC3)no2)cc1. The molecule has 1 aliphatic carbocycles. The highest BCUT2D eigenvalue weighted by molar-refractivity contribution is 5.92. The molecule has 1 fully saturated rings. The van der Waals surface area contributed by atoms with Crippen LogP contribution < -0.4 is 15.4 Å². The number of carbonyl (C=O) groups is 2. The summed E-state index contributed by atoms with van der Waals surface area (Å²) in [6.45, 7) is 4.18. The van der Waals surface area contributed by atoms with E-state index in [-0.39, 0.29) is 30.2 Å². The number of nitrogens with zero attached hydrogens (tertiary/aromatic N) is 1. The van der Waals surface area contributed by atoms with Crippen LogP contribution in [0.2, 0.25) is 0 Å². The lowest BCUT2D eigenvalue weighted by Gasteiger charge is -2.14. The highest BCUT2D eigenvalue weighted by Gasteiger charge is 2.18. The molecule has 162 valence electrons. The molecule has 1 aromatic heterocycles. The fraction of sp³-hybridized carbons (Fsp3) is 0.522. The van der Waals surface area contributed by atoms with Gasteiger partial charge in [-0.05, 0) is 43.0 Å². The molecule has 3 rings (SSSR count). The largest absolute Gasteiger partial charge is 0.486 e. The summed E-state index contributed by atoms with van der Waals surface area (Å²) in [6.07, 6.45) is 7.32. The first-order chi connectivity index (χ1) is 14.5. The number of hydrogen-bond donors (Lipinski definition) is 2. The molecule has 0 aliphatic heterocycles. The van der Waals surface area contributed by atoms with E-state index in [0.29, 0.717) is 23.8 Å². The van der Waals surface area contributed by atoms with E-state index >= 15 is 0 Å². The Bertz CT molecular complexity index is 821. The summed E-state index contributed by atoms with van der Waals surface area (Å²) in [5.41, 5.74) is 1.01. The smallest absolute Gasteiger partial charge is 0.273 e. The average Bonchev–Trinajstić information content (AvgIpc) is 3.04. The number of hydrogen-bond acceptors (Lipinski definition) is 5. The molecule has 0 radical (unpaired) electrons. The lowest BCUT2D eigenvalue weighted by Crippen LogP contribution is -2.34. The second kappa shape index (κ2) is 10.8. The molecule has 7 nitrogen and oxygen atoms in total. The molecule has 1 saturated carbocycles. The minimum atomic E-state index is -0.196. The van der Waals surface area contributed by atoms with Crippen molar-refractivity contribution in [3.05, 3.63) is 41.8 Å². The molecular formula is C23H31N3O4. The van der Waals surface area contributed by atoms with Crippen LogP contribution in [0.4, 0.5) is 5.69 Å². The van der Waals surface area contributed by atoms with E-state index < -0.39 is 0 Å². The van der Waals surface area contributed by atoms with Gasteiger partial charge in [0.1, 0.15) is 12.4 Å². The summed E-state index contributed by atoms with van der Waals surface area (Å²) in [7, 11) is 0. The molecule has 1 aromatic carbocycles. The zero-order chi connectivity index (χ0) is 21.3. The Hall–Kier alpha value is -2.83. The van der Waals surface area contributed by atoms with E-state index in [4.69, 9.17) is 9.26 Å². The van der Waals surface area contributed by atoms with Crippen molar-refractivity contribution in [2.75, 3.05) is 5.32 Å². The van der Waals surface area contributed by atoms with E-state index in [1.807, 2.05) is 13.8 Å². The van der Waals surface area contributed by atoms with Crippen molar-refractivity contribution >= 4 is 17.5 Å². The Balaban J connectivity index is 1.46. The Morgan fingerprint density at radius 2 is 1.83 bits per heavy atom. The maximum Gasteiger partial charge on any atom is 0.273 e. The highest BCUT2D eigenvalue weighted by atomic mass is 16.5. The van der Waals surface area contributed by atoms with Crippen molar-refractivity contribution in [1.29, 1.82) is 0 Å². The number of nitrogens with one attached hydrogen (secondary N) is 2. The van der Waals surface area contributed by atoms with E-state index in [1.165, 1.54) is 12.8 Å². The number of amides is 2. The third kappa shape index (κ3) is 6.90. The van der Waals surface area contributed by atoms with E-state index in [2.05, 4.69) is 15.8 Å². The van der Waals surface area contributed by atoms with Gasteiger partial charge in [-0.25, -0.2) is 0 Å². The van der Waals surface area contributed by atoms with Gasteiger partial charge in [-0.3, -0.25) is 9.59 Å². The molecule has 1 heterocycles. The molecule has 0 unspecified atom stereocenters. The predicted molar refractivity (Wildman–Crippen MR) is 114 cm³/mol. The predicted octanol–water partition coefficient (Wildman–Crippen LogP) is 4.69. The summed E-state index contributed by atoms with van der Waals surface area (Å²) < 4.78 is 10.9. The molecule has 30 heavy (non-hydrogen) atoms.